The van der Waals surface area contributed by atoms with Crippen molar-refractivity contribution in [3.8, 4) is 11.5 Å². The molecule has 0 aliphatic carbocycles. The molecule has 0 bridgehead atoms. The molecule has 0 aliphatic rings. The minimum absolute atomic E-state index is 0.110. The van der Waals surface area contributed by atoms with Crippen molar-refractivity contribution in [2.45, 2.75) is 0 Å². The summed E-state index contributed by atoms with van der Waals surface area (Å²) in [6, 6.07) is 9.72. The van der Waals surface area contributed by atoms with Gasteiger partial charge in [0.05, 0.1) is 5.56 Å². The van der Waals surface area contributed by atoms with Crippen LogP contribution in [0.3, 0.4) is 0 Å². The number of carbonyl (C=O) groups is 2. The molecule has 0 aliphatic heterocycles. The molecule has 2 N–H and O–H groups in total. The molecule has 0 saturated carbocycles. The Morgan fingerprint density at radius 1 is 1.16 bits per heavy atom. The highest BCUT2D eigenvalue weighted by molar-refractivity contribution is 5.92. The largest absolute Gasteiger partial charge is 0.457 e. The monoisotopic (exact) mass is 259 g/mol. The maximum atomic E-state index is 12.9. The van der Waals surface area contributed by atoms with Crippen LogP contribution in [0.4, 0.5) is 4.39 Å². The van der Waals surface area contributed by atoms with Crippen molar-refractivity contribution in [3.63, 3.8) is 0 Å². The van der Waals surface area contributed by atoms with Crippen LogP contribution >= 0.6 is 0 Å². The van der Waals surface area contributed by atoms with Gasteiger partial charge >= 0.3 is 0 Å². The molecular weight excluding hydrogens is 249 g/mol. The molecule has 0 spiro atoms. The zero-order valence-corrected chi connectivity index (χ0v) is 9.80. The Bertz CT molecular complexity index is 623. The molecule has 0 heterocycles. The van der Waals surface area contributed by atoms with Crippen molar-refractivity contribution in [1.29, 1.82) is 0 Å². The third-order valence-electron chi connectivity index (χ3n) is 2.47. The van der Waals surface area contributed by atoms with Crippen LogP contribution < -0.4 is 10.5 Å². The smallest absolute Gasteiger partial charge is 0.248 e. The van der Waals surface area contributed by atoms with E-state index in [4.69, 9.17) is 10.5 Å². The van der Waals surface area contributed by atoms with Crippen LogP contribution in [0.15, 0.2) is 42.5 Å². The highest BCUT2D eigenvalue weighted by Crippen LogP contribution is 2.25. The van der Waals surface area contributed by atoms with Crippen molar-refractivity contribution >= 4 is 12.2 Å². The Morgan fingerprint density at radius 3 is 2.42 bits per heavy atom. The first-order valence-corrected chi connectivity index (χ1v) is 5.42. The lowest BCUT2D eigenvalue weighted by molar-refractivity contribution is 0.1000. The highest BCUT2D eigenvalue weighted by atomic mass is 19.1. The number of aldehydes is 1. The summed E-state index contributed by atoms with van der Waals surface area (Å²) in [4.78, 5) is 21.7. The topological polar surface area (TPSA) is 69.4 Å². The summed E-state index contributed by atoms with van der Waals surface area (Å²) in [5, 5.41) is 0. The van der Waals surface area contributed by atoms with Crippen LogP contribution in [-0.4, -0.2) is 12.2 Å². The normalized spacial score (nSPS) is 9.95. The van der Waals surface area contributed by atoms with Gasteiger partial charge in [0.1, 0.15) is 17.3 Å². The summed E-state index contributed by atoms with van der Waals surface area (Å²) in [5.41, 5.74) is 5.57. The van der Waals surface area contributed by atoms with Crippen molar-refractivity contribution in [2.24, 2.45) is 5.73 Å². The SMILES string of the molecule is NC(=O)c1ccc(Oc2ccc(F)cc2C=O)cc1. The van der Waals surface area contributed by atoms with E-state index >= 15 is 0 Å². The summed E-state index contributed by atoms with van der Waals surface area (Å²) < 4.78 is 18.4. The molecule has 0 saturated heterocycles. The average molecular weight is 259 g/mol. The molecular formula is C14H10FNO3. The van der Waals surface area contributed by atoms with E-state index in [9.17, 15) is 14.0 Å². The van der Waals surface area contributed by atoms with Crippen LogP contribution in [0.25, 0.3) is 0 Å². The maximum Gasteiger partial charge on any atom is 0.248 e. The number of nitrogens with two attached hydrogens (primary N) is 1. The third kappa shape index (κ3) is 2.95. The average Bonchev–Trinajstić information content (AvgIpc) is 2.41. The number of halogens is 1. The lowest BCUT2D eigenvalue weighted by Crippen LogP contribution is -2.10. The molecule has 0 unspecified atom stereocenters. The summed E-state index contributed by atoms with van der Waals surface area (Å²) in [5.74, 6) is -0.400. The van der Waals surface area contributed by atoms with E-state index in [1.54, 1.807) is 0 Å². The van der Waals surface area contributed by atoms with Crippen molar-refractivity contribution in [3.05, 3.63) is 59.4 Å². The Labute approximate surface area is 108 Å². The van der Waals surface area contributed by atoms with E-state index in [1.807, 2.05) is 0 Å². The molecule has 2 aromatic carbocycles. The lowest BCUT2D eigenvalue weighted by Gasteiger charge is -2.08. The summed E-state index contributed by atoms with van der Waals surface area (Å²) in [6.07, 6.45) is 0.510. The van der Waals surface area contributed by atoms with Crippen molar-refractivity contribution in [1.82, 2.24) is 0 Å². The quantitative estimate of drug-likeness (QED) is 0.858. The van der Waals surface area contributed by atoms with Gasteiger partial charge in [-0.3, -0.25) is 9.59 Å². The molecule has 5 heteroatoms. The second-order valence-corrected chi connectivity index (χ2v) is 3.79. The molecule has 0 atom stereocenters. The fourth-order valence-electron chi connectivity index (χ4n) is 1.52. The first-order chi connectivity index (χ1) is 9.10. The summed E-state index contributed by atoms with van der Waals surface area (Å²) in [6.45, 7) is 0. The van der Waals surface area contributed by atoms with Crippen LogP contribution in [0, 0.1) is 5.82 Å². The highest BCUT2D eigenvalue weighted by Gasteiger charge is 2.06. The molecule has 4 nitrogen and oxygen atoms in total. The number of carbonyl (C=O) groups excluding carboxylic acids is 2. The number of primary amides is 1. The number of amides is 1. The maximum absolute atomic E-state index is 12.9. The van der Waals surface area contributed by atoms with Gasteiger partial charge in [0, 0.05) is 5.56 Å². The number of hydrogen-bond donors (Lipinski definition) is 1. The molecule has 2 rings (SSSR count). The lowest BCUT2D eigenvalue weighted by atomic mass is 10.2. The van der Waals surface area contributed by atoms with Crippen LogP contribution in [0.5, 0.6) is 11.5 Å². The van der Waals surface area contributed by atoms with E-state index in [0.717, 1.165) is 6.07 Å². The molecule has 96 valence electrons. The standard InChI is InChI=1S/C14H10FNO3/c15-11-3-6-13(10(7-11)8-17)19-12-4-1-9(2-5-12)14(16)18/h1-8H,(H2,16,18). The van der Waals surface area contributed by atoms with Gasteiger partial charge in [-0.15, -0.1) is 0 Å². The van der Waals surface area contributed by atoms with Gasteiger partial charge in [0.25, 0.3) is 0 Å². The van der Waals surface area contributed by atoms with E-state index in [-0.39, 0.29) is 11.3 Å². The molecule has 1 amide bonds. The fourth-order valence-corrected chi connectivity index (χ4v) is 1.52. The Morgan fingerprint density at radius 2 is 1.84 bits per heavy atom. The van der Waals surface area contributed by atoms with Gasteiger partial charge in [-0.05, 0) is 42.5 Å². The van der Waals surface area contributed by atoms with Crippen molar-refractivity contribution < 1.29 is 18.7 Å². The van der Waals surface area contributed by atoms with E-state index in [2.05, 4.69) is 0 Å². The molecule has 0 fully saturated rings. The Hall–Kier alpha value is -2.69. The van der Waals surface area contributed by atoms with E-state index in [0.29, 0.717) is 17.6 Å². The second-order valence-electron chi connectivity index (χ2n) is 3.79. The van der Waals surface area contributed by atoms with Crippen molar-refractivity contribution in [2.75, 3.05) is 0 Å². The number of rotatable bonds is 4. The zero-order valence-electron chi connectivity index (χ0n) is 9.80. The summed E-state index contributed by atoms with van der Waals surface area (Å²) >= 11 is 0. The number of hydrogen-bond acceptors (Lipinski definition) is 3. The Kier molecular flexibility index (Phi) is 3.56. The predicted molar refractivity (Wildman–Crippen MR) is 66.8 cm³/mol. The van der Waals surface area contributed by atoms with Gasteiger partial charge in [0.2, 0.25) is 5.91 Å². The summed E-state index contributed by atoms with van der Waals surface area (Å²) in [7, 11) is 0. The van der Waals surface area contributed by atoms with E-state index < -0.39 is 11.7 Å². The third-order valence-corrected chi connectivity index (χ3v) is 2.47. The first-order valence-electron chi connectivity index (χ1n) is 5.42. The van der Waals surface area contributed by atoms with Crippen LogP contribution in [-0.2, 0) is 0 Å². The van der Waals surface area contributed by atoms with Crippen LogP contribution in [0.1, 0.15) is 20.7 Å². The fraction of sp³-hybridized carbons (Fsp3) is 0. The predicted octanol–water partition coefficient (Wildman–Crippen LogP) is 2.53. The van der Waals surface area contributed by atoms with Gasteiger partial charge < -0.3 is 10.5 Å². The van der Waals surface area contributed by atoms with Gasteiger partial charge in [-0.25, -0.2) is 4.39 Å². The zero-order chi connectivity index (χ0) is 13.8. The molecule has 19 heavy (non-hydrogen) atoms. The van der Waals surface area contributed by atoms with E-state index in [1.165, 1.54) is 36.4 Å². The molecule has 0 aromatic heterocycles. The van der Waals surface area contributed by atoms with Gasteiger partial charge in [0.15, 0.2) is 6.29 Å². The van der Waals surface area contributed by atoms with Gasteiger partial charge in [-0.1, -0.05) is 0 Å². The second kappa shape index (κ2) is 5.30. The number of ether oxygens (including phenoxy) is 1. The molecule has 2 aromatic rings. The first kappa shape index (κ1) is 12.8. The van der Waals surface area contributed by atoms with Gasteiger partial charge in [-0.2, -0.15) is 0 Å². The minimum atomic E-state index is -0.540. The molecule has 0 radical (unpaired) electrons. The minimum Gasteiger partial charge on any atom is -0.457 e. The van der Waals surface area contributed by atoms with Crippen LogP contribution in [0.2, 0.25) is 0 Å². The number of benzene rings is 2. The Balaban J connectivity index is 2.26.